The first-order valence-corrected chi connectivity index (χ1v) is 7.71. The van der Waals surface area contributed by atoms with Gasteiger partial charge in [0.25, 0.3) is 0 Å². The molecule has 1 saturated carbocycles. The summed E-state index contributed by atoms with van der Waals surface area (Å²) in [7, 11) is -1.46. The van der Waals surface area contributed by atoms with Gasteiger partial charge in [0.15, 0.2) is 0 Å². The SMILES string of the molecule is CNCCc1ccc(S(=O)(=O)NC2(C)CC2)cc1. The average Bonchev–Trinajstić information content (AvgIpc) is 3.03. The summed E-state index contributed by atoms with van der Waals surface area (Å²) in [4.78, 5) is 0.351. The number of sulfonamides is 1. The highest BCUT2D eigenvalue weighted by atomic mass is 32.2. The molecule has 1 aliphatic carbocycles. The maximum Gasteiger partial charge on any atom is 0.241 e. The van der Waals surface area contributed by atoms with Crippen LogP contribution in [0, 0.1) is 0 Å². The molecule has 1 aromatic rings. The number of benzene rings is 1. The number of likely N-dealkylation sites (N-methyl/N-ethyl adjacent to an activating group) is 1. The first-order chi connectivity index (χ1) is 8.45. The summed E-state index contributed by atoms with van der Waals surface area (Å²) in [6, 6.07) is 7.11. The van der Waals surface area contributed by atoms with Crippen LogP contribution < -0.4 is 10.0 Å². The third-order valence-corrected chi connectivity index (χ3v) is 4.93. The molecule has 5 heteroatoms. The predicted octanol–water partition coefficient (Wildman–Crippen LogP) is 1.28. The zero-order valence-electron chi connectivity index (χ0n) is 10.9. The van der Waals surface area contributed by atoms with Crippen LogP contribution in [-0.4, -0.2) is 27.5 Å². The van der Waals surface area contributed by atoms with E-state index in [2.05, 4.69) is 10.0 Å². The van der Waals surface area contributed by atoms with E-state index in [-0.39, 0.29) is 5.54 Å². The van der Waals surface area contributed by atoms with Gasteiger partial charge in [0.1, 0.15) is 0 Å². The first kappa shape index (κ1) is 13.5. The van der Waals surface area contributed by atoms with Crippen molar-refractivity contribution in [2.24, 2.45) is 0 Å². The maximum atomic E-state index is 12.1. The lowest BCUT2D eigenvalue weighted by Crippen LogP contribution is -2.34. The minimum Gasteiger partial charge on any atom is -0.319 e. The topological polar surface area (TPSA) is 58.2 Å². The van der Waals surface area contributed by atoms with Gasteiger partial charge in [-0.2, -0.15) is 0 Å². The standard InChI is InChI=1S/C13H20N2O2S/c1-13(8-9-13)15-18(16,17)12-5-3-11(4-6-12)7-10-14-2/h3-6,14-15H,7-10H2,1-2H3. The van der Waals surface area contributed by atoms with Crippen molar-refractivity contribution in [1.29, 1.82) is 0 Å². The Morgan fingerprint density at radius 1 is 1.22 bits per heavy atom. The molecule has 0 atom stereocenters. The van der Waals surface area contributed by atoms with E-state index in [0.29, 0.717) is 4.90 Å². The minimum absolute atomic E-state index is 0.219. The lowest BCUT2D eigenvalue weighted by atomic mass is 10.1. The fraction of sp³-hybridized carbons (Fsp3) is 0.538. The van der Waals surface area contributed by atoms with Gasteiger partial charge in [-0.15, -0.1) is 0 Å². The summed E-state index contributed by atoms with van der Waals surface area (Å²) in [6.45, 7) is 2.83. The van der Waals surface area contributed by atoms with Crippen LogP contribution in [0.1, 0.15) is 25.3 Å². The number of nitrogens with one attached hydrogen (secondary N) is 2. The molecule has 0 unspecified atom stereocenters. The van der Waals surface area contributed by atoms with Crippen LogP contribution in [0.25, 0.3) is 0 Å². The van der Waals surface area contributed by atoms with Crippen molar-refractivity contribution in [1.82, 2.24) is 10.0 Å². The van der Waals surface area contributed by atoms with Crippen molar-refractivity contribution >= 4 is 10.0 Å². The van der Waals surface area contributed by atoms with Gasteiger partial charge < -0.3 is 5.32 Å². The van der Waals surface area contributed by atoms with Gasteiger partial charge in [0.2, 0.25) is 10.0 Å². The van der Waals surface area contributed by atoms with E-state index in [9.17, 15) is 8.42 Å². The molecule has 0 heterocycles. The minimum atomic E-state index is -3.36. The van der Waals surface area contributed by atoms with E-state index in [1.54, 1.807) is 12.1 Å². The van der Waals surface area contributed by atoms with Crippen LogP contribution in [0.3, 0.4) is 0 Å². The molecule has 0 spiro atoms. The molecule has 1 aliphatic rings. The monoisotopic (exact) mass is 268 g/mol. The second-order valence-electron chi connectivity index (χ2n) is 5.16. The van der Waals surface area contributed by atoms with Gasteiger partial charge in [0, 0.05) is 5.54 Å². The molecule has 18 heavy (non-hydrogen) atoms. The fourth-order valence-electron chi connectivity index (χ4n) is 1.78. The molecule has 0 aliphatic heterocycles. The number of hydrogen-bond acceptors (Lipinski definition) is 3. The van der Waals surface area contributed by atoms with Gasteiger partial charge >= 0.3 is 0 Å². The van der Waals surface area contributed by atoms with Crippen molar-refractivity contribution in [3.05, 3.63) is 29.8 Å². The molecular formula is C13H20N2O2S. The van der Waals surface area contributed by atoms with E-state index < -0.39 is 10.0 Å². The average molecular weight is 268 g/mol. The molecule has 4 nitrogen and oxygen atoms in total. The van der Waals surface area contributed by atoms with Crippen LogP contribution in [0.15, 0.2) is 29.2 Å². The highest BCUT2D eigenvalue weighted by Crippen LogP contribution is 2.35. The summed E-state index contributed by atoms with van der Waals surface area (Å²) in [6.07, 6.45) is 2.75. The molecule has 0 radical (unpaired) electrons. The molecule has 0 bridgehead atoms. The molecule has 100 valence electrons. The first-order valence-electron chi connectivity index (χ1n) is 6.23. The van der Waals surface area contributed by atoms with Gasteiger partial charge in [0.05, 0.1) is 4.90 Å². The van der Waals surface area contributed by atoms with E-state index in [0.717, 1.165) is 31.4 Å². The van der Waals surface area contributed by atoms with E-state index in [1.165, 1.54) is 0 Å². The van der Waals surface area contributed by atoms with Gasteiger partial charge in [-0.1, -0.05) is 12.1 Å². The number of rotatable bonds is 6. The van der Waals surface area contributed by atoms with Crippen molar-refractivity contribution in [2.45, 2.75) is 36.6 Å². The molecule has 0 aromatic heterocycles. The molecule has 1 aromatic carbocycles. The third kappa shape index (κ3) is 3.31. The van der Waals surface area contributed by atoms with Crippen molar-refractivity contribution in [3.63, 3.8) is 0 Å². The number of hydrogen-bond donors (Lipinski definition) is 2. The summed E-state index contributed by atoms with van der Waals surface area (Å²) < 4.78 is 26.9. The van der Waals surface area contributed by atoms with E-state index in [4.69, 9.17) is 0 Å². The zero-order valence-corrected chi connectivity index (χ0v) is 11.7. The maximum absolute atomic E-state index is 12.1. The van der Waals surface area contributed by atoms with Crippen molar-refractivity contribution in [2.75, 3.05) is 13.6 Å². The van der Waals surface area contributed by atoms with Crippen LogP contribution in [0.2, 0.25) is 0 Å². The van der Waals surface area contributed by atoms with E-state index >= 15 is 0 Å². The zero-order chi connectivity index (χ0) is 13.2. The second kappa shape index (κ2) is 4.99. The van der Waals surface area contributed by atoms with Gasteiger partial charge in [-0.3, -0.25) is 0 Å². The van der Waals surface area contributed by atoms with Crippen molar-refractivity contribution < 1.29 is 8.42 Å². The molecular weight excluding hydrogens is 248 g/mol. The second-order valence-corrected chi connectivity index (χ2v) is 6.85. The van der Waals surface area contributed by atoms with Crippen molar-refractivity contribution in [3.8, 4) is 0 Å². The summed E-state index contributed by atoms with van der Waals surface area (Å²) in [5, 5.41) is 3.07. The van der Waals surface area contributed by atoms with Gasteiger partial charge in [-0.25, -0.2) is 13.1 Å². The quantitative estimate of drug-likeness (QED) is 0.817. The van der Waals surface area contributed by atoms with Crippen LogP contribution in [0.5, 0.6) is 0 Å². The predicted molar refractivity (Wildman–Crippen MR) is 72.0 cm³/mol. The Bertz CT molecular complexity index is 504. The summed E-state index contributed by atoms with van der Waals surface area (Å²) in [5.74, 6) is 0. The highest BCUT2D eigenvalue weighted by Gasteiger charge is 2.41. The smallest absolute Gasteiger partial charge is 0.241 e. The Morgan fingerprint density at radius 2 is 1.83 bits per heavy atom. The van der Waals surface area contributed by atoms with Gasteiger partial charge in [-0.05, 0) is 57.5 Å². The van der Waals surface area contributed by atoms with E-state index in [1.807, 2.05) is 26.1 Å². The largest absolute Gasteiger partial charge is 0.319 e. The normalized spacial score (nSPS) is 17.7. The summed E-state index contributed by atoms with van der Waals surface area (Å²) in [5.41, 5.74) is 0.921. The highest BCUT2D eigenvalue weighted by molar-refractivity contribution is 7.89. The van der Waals surface area contributed by atoms with Crippen LogP contribution >= 0.6 is 0 Å². The lowest BCUT2D eigenvalue weighted by Gasteiger charge is -2.12. The Kier molecular flexibility index (Phi) is 3.75. The molecule has 2 rings (SSSR count). The third-order valence-electron chi connectivity index (χ3n) is 3.28. The Balaban J connectivity index is 2.08. The lowest BCUT2D eigenvalue weighted by molar-refractivity contribution is 0.558. The van der Waals surface area contributed by atoms with Crippen LogP contribution in [-0.2, 0) is 16.4 Å². The summed E-state index contributed by atoms with van der Waals surface area (Å²) >= 11 is 0. The molecule has 0 saturated heterocycles. The Hall–Kier alpha value is -0.910. The van der Waals surface area contributed by atoms with Crippen LogP contribution in [0.4, 0.5) is 0 Å². The fourth-order valence-corrected chi connectivity index (χ4v) is 3.24. The molecule has 2 N–H and O–H groups in total. The molecule has 1 fully saturated rings. The Labute approximate surface area is 109 Å². The Morgan fingerprint density at radius 3 is 2.33 bits per heavy atom. The molecule has 0 amide bonds.